The molecule has 0 spiro atoms. The van der Waals surface area contributed by atoms with Crippen molar-refractivity contribution < 1.29 is 8.42 Å². The lowest BCUT2D eigenvalue weighted by Crippen LogP contribution is -2.23. The molecule has 7 heteroatoms. The van der Waals surface area contributed by atoms with Crippen molar-refractivity contribution in [2.45, 2.75) is 11.4 Å². The zero-order valence-corrected chi connectivity index (χ0v) is 17.9. The summed E-state index contributed by atoms with van der Waals surface area (Å²) in [5, 5.41) is 5.52. The third-order valence-corrected chi connectivity index (χ3v) is 6.63. The van der Waals surface area contributed by atoms with E-state index in [4.69, 9.17) is 5.10 Å². The average Bonchev–Trinajstić information content (AvgIpc) is 3.28. The maximum absolute atomic E-state index is 13.2. The average molecular weight is 441 g/mol. The summed E-state index contributed by atoms with van der Waals surface area (Å²) in [6.07, 6.45) is 3.46. The van der Waals surface area contributed by atoms with Crippen molar-refractivity contribution in [3.8, 4) is 16.9 Å². The first-order valence-corrected chi connectivity index (χ1v) is 11.6. The van der Waals surface area contributed by atoms with Crippen LogP contribution in [0.15, 0.2) is 108 Å². The van der Waals surface area contributed by atoms with Crippen molar-refractivity contribution in [1.82, 2.24) is 19.5 Å². The number of nitrogens with one attached hydrogen (secondary N) is 1. The smallest absolute Gasteiger partial charge is 0.243 e. The molecule has 0 radical (unpaired) electrons. The molecule has 5 aromatic rings. The first-order chi connectivity index (χ1) is 15.6. The number of aromatic nitrogens is 3. The van der Waals surface area contributed by atoms with Gasteiger partial charge in [0.1, 0.15) is 4.90 Å². The second-order valence-electron chi connectivity index (χ2n) is 7.30. The van der Waals surface area contributed by atoms with E-state index in [1.54, 1.807) is 29.1 Å². The molecule has 158 valence electrons. The molecule has 3 aromatic carbocycles. The van der Waals surface area contributed by atoms with E-state index < -0.39 is 10.0 Å². The Balaban J connectivity index is 1.51. The maximum atomic E-state index is 13.2. The molecule has 0 aliphatic rings. The summed E-state index contributed by atoms with van der Waals surface area (Å²) < 4.78 is 30.8. The highest BCUT2D eigenvalue weighted by atomic mass is 32.2. The van der Waals surface area contributed by atoms with Gasteiger partial charge in [0.15, 0.2) is 0 Å². The largest absolute Gasteiger partial charge is 0.255 e. The van der Waals surface area contributed by atoms with E-state index in [0.717, 1.165) is 27.9 Å². The van der Waals surface area contributed by atoms with E-state index in [9.17, 15) is 8.42 Å². The molecule has 0 saturated carbocycles. The van der Waals surface area contributed by atoms with Crippen LogP contribution < -0.4 is 4.72 Å². The van der Waals surface area contributed by atoms with Gasteiger partial charge in [-0.15, -0.1) is 0 Å². The van der Waals surface area contributed by atoms with Crippen LogP contribution in [0.2, 0.25) is 0 Å². The van der Waals surface area contributed by atoms with E-state index in [1.807, 2.05) is 79.0 Å². The Hall–Kier alpha value is -3.81. The Morgan fingerprint density at radius 3 is 2.31 bits per heavy atom. The number of fused-ring (bicyclic) bond motifs is 1. The van der Waals surface area contributed by atoms with Gasteiger partial charge in [-0.1, -0.05) is 66.7 Å². The Labute approximate surface area is 186 Å². The van der Waals surface area contributed by atoms with Gasteiger partial charge in [0.25, 0.3) is 0 Å². The van der Waals surface area contributed by atoms with Crippen LogP contribution in [0.1, 0.15) is 5.56 Å². The zero-order chi connectivity index (χ0) is 22.0. The molecule has 1 N–H and O–H groups in total. The molecule has 0 atom stereocenters. The highest BCUT2D eigenvalue weighted by Crippen LogP contribution is 2.25. The number of rotatable bonds is 6. The minimum atomic E-state index is -3.79. The van der Waals surface area contributed by atoms with Crippen molar-refractivity contribution >= 4 is 20.9 Å². The first-order valence-electron chi connectivity index (χ1n) is 10.1. The molecule has 0 amide bonds. The summed E-state index contributed by atoms with van der Waals surface area (Å²) in [5.74, 6) is 0. The lowest BCUT2D eigenvalue weighted by atomic mass is 10.1. The van der Waals surface area contributed by atoms with E-state index in [0.29, 0.717) is 5.52 Å². The lowest BCUT2D eigenvalue weighted by molar-refractivity contribution is 0.582. The fourth-order valence-corrected chi connectivity index (χ4v) is 4.82. The molecule has 0 unspecified atom stereocenters. The van der Waals surface area contributed by atoms with Crippen LogP contribution in [-0.2, 0) is 16.6 Å². The quantitative estimate of drug-likeness (QED) is 0.420. The second kappa shape index (κ2) is 8.37. The van der Waals surface area contributed by atoms with Crippen LogP contribution in [0.3, 0.4) is 0 Å². The Bertz CT molecular complexity index is 1480. The van der Waals surface area contributed by atoms with Gasteiger partial charge in [0, 0.05) is 35.5 Å². The number of hydrogen-bond donors (Lipinski definition) is 1. The summed E-state index contributed by atoms with van der Waals surface area (Å²) in [7, 11) is -3.79. The summed E-state index contributed by atoms with van der Waals surface area (Å²) in [4.78, 5) is 4.44. The van der Waals surface area contributed by atoms with E-state index in [-0.39, 0.29) is 11.4 Å². The van der Waals surface area contributed by atoms with Crippen LogP contribution >= 0.6 is 0 Å². The van der Waals surface area contributed by atoms with Crippen molar-refractivity contribution in [2.24, 2.45) is 0 Å². The van der Waals surface area contributed by atoms with E-state index in [1.165, 1.54) is 0 Å². The minimum Gasteiger partial charge on any atom is -0.255 e. The van der Waals surface area contributed by atoms with Gasteiger partial charge >= 0.3 is 0 Å². The molecule has 2 heterocycles. The monoisotopic (exact) mass is 440 g/mol. The predicted molar refractivity (Wildman–Crippen MR) is 125 cm³/mol. The maximum Gasteiger partial charge on any atom is 0.243 e. The molecule has 32 heavy (non-hydrogen) atoms. The first kappa shape index (κ1) is 20.1. The SMILES string of the molecule is O=S(=O)(NCc1cn(-c2ccccc2)nc1-c1ccccc1)c1cccc2cccnc12. The van der Waals surface area contributed by atoms with E-state index >= 15 is 0 Å². The summed E-state index contributed by atoms with van der Waals surface area (Å²) in [6.45, 7) is 0.0998. The molecule has 5 rings (SSSR count). The molecule has 0 fully saturated rings. The van der Waals surface area contributed by atoms with Gasteiger partial charge in [-0.25, -0.2) is 17.8 Å². The molecule has 0 bridgehead atoms. The number of pyridine rings is 1. The number of nitrogens with zero attached hydrogens (tertiary/aromatic N) is 3. The van der Waals surface area contributed by atoms with Crippen molar-refractivity contribution in [3.63, 3.8) is 0 Å². The van der Waals surface area contributed by atoms with Gasteiger partial charge in [-0.05, 0) is 24.3 Å². The predicted octanol–water partition coefficient (Wildman–Crippen LogP) is 4.57. The normalized spacial score (nSPS) is 11.6. The van der Waals surface area contributed by atoms with Gasteiger partial charge in [0.2, 0.25) is 10.0 Å². The third-order valence-electron chi connectivity index (χ3n) is 5.20. The van der Waals surface area contributed by atoms with Crippen molar-refractivity contribution in [2.75, 3.05) is 0 Å². The molecule has 0 aliphatic heterocycles. The summed E-state index contributed by atoms with van der Waals surface area (Å²) in [6, 6.07) is 28.2. The summed E-state index contributed by atoms with van der Waals surface area (Å²) >= 11 is 0. The standard InChI is InChI=1S/C25H20N4O2S/c30-32(31,23-15-7-11-20-12-8-16-26-25(20)23)27-17-21-18-29(22-13-5-2-6-14-22)28-24(21)19-9-3-1-4-10-19/h1-16,18,27H,17H2. The Kier molecular flexibility index (Phi) is 5.26. The fraction of sp³-hybridized carbons (Fsp3) is 0.0400. The van der Waals surface area contributed by atoms with Crippen molar-refractivity contribution in [3.05, 3.63) is 109 Å². The van der Waals surface area contributed by atoms with Gasteiger partial charge < -0.3 is 0 Å². The minimum absolute atomic E-state index is 0.0998. The number of hydrogen-bond acceptors (Lipinski definition) is 4. The molecule has 6 nitrogen and oxygen atoms in total. The topological polar surface area (TPSA) is 76.9 Å². The second-order valence-corrected chi connectivity index (χ2v) is 9.04. The Morgan fingerprint density at radius 2 is 1.53 bits per heavy atom. The lowest BCUT2D eigenvalue weighted by Gasteiger charge is -2.09. The van der Waals surface area contributed by atoms with Crippen LogP contribution in [0.5, 0.6) is 0 Å². The van der Waals surface area contributed by atoms with Gasteiger partial charge in [-0.3, -0.25) is 4.98 Å². The number of sulfonamides is 1. The third kappa shape index (κ3) is 3.91. The number of para-hydroxylation sites is 2. The summed E-state index contributed by atoms with van der Waals surface area (Å²) in [5.41, 5.74) is 3.77. The van der Waals surface area contributed by atoms with Crippen molar-refractivity contribution in [1.29, 1.82) is 0 Å². The zero-order valence-electron chi connectivity index (χ0n) is 17.1. The number of benzene rings is 3. The highest BCUT2D eigenvalue weighted by Gasteiger charge is 2.20. The molecular formula is C25H20N4O2S. The van der Waals surface area contributed by atoms with E-state index in [2.05, 4.69) is 9.71 Å². The highest BCUT2D eigenvalue weighted by molar-refractivity contribution is 7.89. The van der Waals surface area contributed by atoms with Crippen LogP contribution in [-0.4, -0.2) is 23.2 Å². The van der Waals surface area contributed by atoms with Crippen LogP contribution in [0, 0.1) is 0 Å². The van der Waals surface area contributed by atoms with Crippen LogP contribution in [0.25, 0.3) is 27.8 Å². The fourth-order valence-electron chi connectivity index (χ4n) is 3.63. The van der Waals surface area contributed by atoms with Gasteiger partial charge in [0.05, 0.1) is 16.9 Å². The van der Waals surface area contributed by atoms with Crippen LogP contribution in [0.4, 0.5) is 0 Å². The molecule has 0 saturated heterocycles. The molecule has 0 aliphatic carbocycles. The molecular weight excluding hydrogens is 420 g/mol. The Morgan fingerprint density at radius 1 is 0.812 bits per heavy atom. The van der Waals surface area contributed by atoms with Gasteiger partial charge in [-0.2, -0.15) is 5.10 Å². The molecule has 2 aromatic heterocycles.